The molecule has 4 heteroatoms. The van der Waals surface area contributed by atoms with Gasteiger partial charge in [0.15, 0.2) is 0 Å². The van der Waals surface area contributed by atoms with Crippen LogP contribution in [0.3, 0.4) is 0 Å². The fourth-order valence-electron chi connectivity index (χ4n) is 1.96. The number of nitrogens with two attached hydrogens (primary N) is 1. The number of rotatable bonds is 2. The van der Waals surface area contributed by atoms with Crippen molar-refractivity contribution < 1.29 is 9.15 Å². The van der Waals surface area contributed by atoms with Crippen LogP contribution in [0.5, 0.6) is 0 Å². The van der Waals surface area contributed by atoms with Gasteiger partial charge in [0.1, 0.15) is 5.76 Å². The molecule has 0 bridgehead atoms. The monoisotopic (exact) mass is 259 g/mol. The zero-order valence-corrected chi connectivity index (χ0v) is 9.66. The van der Waals surface area contributed by atoms with E-state index in [1.54, 1.807) is 6.26 Å². The molecule has 78 valence electrons. The maximum Gasteiger partial charge on any atom is 0.134 e. The Morgan fingerprint density at radius 3 is 2.93 bits per heavy atom. The predicted molar refractivity (Wildman–Crippen MR) is 56.9 cm³/mol. The summed E-state index contributed by atoms with van der Waals surface area (Å²) in [7, 11) is 0. The van der Waals surface area contributed by atoms with Crippen molar-refractivity contribution in [2.45, 2.75) is 25.5 Å². The zero-order valence-electron chi connectivity index (χ0n) is 8.07. The van der Waals surface area contributed by atoms with E-state index in [-0.39, 0.29) is 12.1 Å². The van der Waals surface area contributed by atoms with Gasteiger partial charge in [-0.1, -0.05) is 0 Å². The Balaban J connectivity index is 2.15. The van der Waals surface area contributed by atoms with Crippen molar-refractivity contribution >= 4 is 15.9 Å². The second-order valence-electron chi connectivity index (χ2n) is 3.69. The summed E-state index contributed by atoms with van der Waals surface area (Å²) in [6, 6.07) is 1.80. The van der Waals surface area contributed by atoms with Gasteiger partial charge >= 0.3 is 0 Å². The summed E-state index contributed by atoms with van der Waals surface area (Å²) < 4.78 is 11.8. The highest BCUT2D eigenvalue weighted by molar-refractivity contribution is 9.10. The van der Waals surface area contributed by atoms with Gasteiger partial charge in [0.05, 0.1) is 22.9 Å². The molecule has 1 fully saturated rings. The van der Waals surface area contributed by atoms with E-state index in [4.69, 9.17) is 14.9 Å². The molecule has 3 atom stereocenters. The third-order valence-corrected chi connectivity index (χ3v) is 3.50. The van der Waals surface area contributed by atoms with E-state index >= 15 is 0 Å². The third kappa shape index (κ3) is 1.74. The van der Waals surface area contributed by atoms with Gasteiger partial charge in [0.25, 0.3) is 0 Å². The molecular formula is C10H14BrNO2. The van der Waals surface area contributed by atoms with Gasteiger partial charge in [0.2, 0.25) is 0 Å². The van der Waals surface area contributed by atoms with Crippen LogP contribution in [0.25, 0.3) is 0 Å². The largest absolute Gasteiger partial charge is 0.466 e. The van der Waals surface area contributed by atoms with Crippen molar-refractivity contribution in [2.75, 3.05) is 6.61 Å². The molecule has 1 aliphatic rings. The van der Waals surface area contributed by atoms with Crippen molar-refractivity contribution in [3.05, 3.63) is 22.6 Å². The predicted octanol–water partition coefficient (Wildman–Crippen LogP) is 2.47. The number of furan rings is 1. The smallest absolute Gasteiger partial charge is 0.134 e. The lowest BCUT2D eigenvalue weighted by atomic mass is 9.92. The minimum Gasteiger partial charge on any atom is -0.466 e. The SMILES string of the molecule is CC1OCCC1C(N)c1occc1Br. The molecule has 2 N–H and O–H groups in total. The molecule has 3 unspecified atom stereocenters. The molecule has 1 aliphatic heterocycles. The maximum absolute atomic E-state index is 6.13. The molecule has 0 amide bonds. The molecule has 1 aromatic heterocycles. The topological polar surface area (TPSA) is 48.4 Å². The van der Waals surface area contributed by atoms with E-state index in [0.29, 0.717) is 5.92 Å². The Bertz CT molecular complexity index is 313. The number of ether oxygens (including phenoxy) is 1. The van der Waals surface area contributed by atoms with E-state index in [2.05, 4.69) is 22.9 Å². The van der Waals surface area contributed by atoms with Gasteiger partial charge in [-0.25, -0.2) is 0 Å². The molecule has 2 rings (SSSR count). The molecule has 0 spiro atoms. The van der Waals surface area contributed by atoms with Gasteiger partial charge in [-0.15, -0.1) is 0 Å². The molecule has 1 aromatic rings. The first-order valence-electron chi connectivity index (χ1n) is 4.80. The lowest BCUT2D eigenvalue weighted by molar-refractivity contribution is 0.0972. The van der Waals surface area contributed by atoms with Crippen LogP contribution < -0.4 is 5.73 Å². The van der Waals surface area contributed by atoms with E-state index < -0.39 is 0 Å². The lowest BCUT2D eigenvalue weighted by Crippen LogP contribution is -2.26. The van der Waals surface area contributed by atoms with E-state index in [0.717, 1.165) is 23.3 Å². The molecule has 1 saturated heterocycles. The minimum atomic E-state index is -0.0723. The highest BCUT2D eigenvalue weighted by Gasteiger charge is 2.32. The molecule has 2 heterocycles. The summed E-state index contributed by atoms with van der Waals surface area (Å²) in [5.74, 6) is 1.18. The highest BCUT2D eigenvalue weighted by Crippen LogP contribution is 2.34. The summed E-state index contributed by atoms with van der Waals surface area (Å²) in [6.07, 6.45) is 2.89. The fraction of sp³-hybridized carbons (Fsp3) is 0.600. The first-order chi connectivity index (χ1) is 6.70. The molecular weight excluding hydrogens is 246 g/mol. The molecule has 0 aromatic carbocycles. The normalized spacial score (nSPS) is 29.4. The first kappa shape index (κ1) is 10.2. The quantitative estimate of drug-likeness (QED) is 0.888. The summed E-state index contributed by atoms with van der Waals surface area (Å²) in [6.45, 7) is 2.87. The second-order valence-corrected chi connectivity index (χ2v) is 4.54. The Morgan fingerprint density at radius 1 is 1.64 bits per heavy atom. The number of hydrogen-bond donors (Lipinski definition) is 1. The average molecular weight is 260 g/mol. The van der Waals surface area contributed by atoms with Gasteiger partial charge in [0, 0.05) is 12.5 Å². The van der Waals surface area contributed by atoms with Crippen LogP contribution in [-0.4, -0.2) is 12.7 Å². The van der Waals surface area contributed by atoms with Crippen LogP contribution in [0.4, 0.5) is 0 Å². The van der Waals surface area contributed by atoms with Crippen molar-refractivity contribution in [1.82, 2.24) is 0 Å². The zero-order chi connectivity index (χ0) is 10.1. The van der Waals surface area contributed by atoms with Crippen molar-refractivity contribution in [3.63, 3.8) is 0 Å². The first-order valence-corrected chi connectivity index (χ1v) is 5.59. The van der Waals surface area contributed by atoms with E-state index in [1.807, 2.05) is 6.07 Å². The van der Waals surface area contributed by atoms with E-state index in [9.17, 15) is 0 Å². The van der Waals surface area contributed by atoms with Gasteiger partial charge in [-0.3, -0.25) is 0 Å². The summed E-state index contributed by atoms with van der Waals surface area (Å²) in [4.78, 5) is 0. The van der Waals surface area contributed by atoms with Gasteiger partial charge in [-0.05, 0) is 35.3 Å². The molecule has 14 heavy (non-hydrogen) atoms. The second kappa shape index (κ2) is 4.04. The van der Waals surface area contributed by atoms with Crippen LogP contribution in [-0.2, 0) is 4.74 Å². The van der Waals surface area contributed by atoms with Crippen LogP contribution in [0.2, 0.25) is 0 Å². The molecule has 0 radical (unpaired) electrons. The maximum atomic E-state index is 6.13. The molecule has 0 aliphatic carbocycles. The van der Waals surface area contributed by atoms with Gasteiger partial charge in [-0.2, -0.15) is 0 Å². The highest BCUT2D eigenvalue weighted by atomic mass is 79.9. The number of hydrogen-bond acceptors (Lipinski definition) is 3. The summed E-state index contributed by atoms with van der Waals surface area (Å²) in [5, 5.41) is 0. The Labute approximate surface area is 91.7 Å². The van der Waals surface area contributed by atoms with Crippen LogP contribution in [0, 0.1) is 5.92 Å². The minimum absolute atomic E-state index is 0.0723. The van der Waals surface area contributed by atoms with Crippen molar-refractivity contribution in [2.24, 2.45) is 11.7 Å². The average Bonchev–Trinajstić information content (AvgIpc) is 2.73. The van der Waals surface area contributed by atoms with Crippen molar-refractivity contribution in [1.29, 1.82) is 0 Å². The van der Waals surface area contributed by atoms with Crippen molar-refractivity contribution in [3.8, 4) is 0 Å². The van der Waals surface area contributed by atoms with E-state index in [1.165, 1.54) is 0 Å². The standard InChI is InChI=1S/C10H14BrNO2/c1-6-7(2-4-13-6)9(12)10-8(11)3-5-14-10/h3,5-7,9H,2,4,12H2,1H3. The van der Waals surface area contributed by atoms with Crippen LogP contribution >= 0.6 is 15.9 Å². The summed E-state index contributed by atoms with van der Waals surface area (Å²) in [5.41, 5.74) is 6.13. The molecule has 0 saturated carbocycles. The lowest BCUT2D eigenvalue weighted by Gasteiger charge is -2.20. The third-order valence-electron chi connectivity index (χ3n) is 2.84. The van der Waals surface area contributed by atoms with Gasteiger partial charge < -0.3 is 14.9 Å². The Morgan fingerprint density at radius 2 is 2.43 bits per heavy atom. The summed E-state index contributed by atoms with van der Waals surface area (Å²) >= 11 is 3.42. The number of halogens is 1. The Hall–Kier alpha value is -0.320. The Kier molecular flexibility index (Phi) is 2.95. The molecule has 3 nitrogen and oxygen atoms in total. The van der Waals surface area contributed by atoms with Crippen LogP contribution in [0.15, 0.2) is 21.2 Å². The fourth-order valence-corrected chi connectivity index (χ4v) is 2.42. The van der Waals surface area contributed by atoms with Crippen LogP contribution in [0.1, 0.15) is 25.1 Å².